The van der Waals surface area contributed by atoms with E-state index in [1.54, 1.807) is 6.07 Å². The molecule has 1 aliphatic rings. The lowest BCUT2D eigenvalue weighted by Gasteiger charge is -2.14. The molecular weight excluding hydrogens is 292 g/mol. The maximum atomic E-state index is 12.2. The molecule has 1 N–H and O–H groups in total. The summed E-state index contributed by atoms with van der Waals surface area (Å²) in [5, 5.41) is 0. The van der Waals surface area contributed by atoms with E-state index < -0.39 is 11.5 Å². The molecule has 0 radical (unpaired) electrons. The van der Waals surface area contributed by atoms with Crippen molar-refractivity contribution in [1.82, 2.24) is 4.98 Å². The zero-order valence-electron chi connectivity index (χ0n) is 13.6. The summed E-state index contributed by atoms with van der Waals surface area (Å²) in [6, 6.07) is 7.87. The molecule has 1 aromatic carbocycles. The number of nitrogens with one attached hydrogen (secondary N) is 1. The van der Waals surface area contributed by atoms with Crippen LogP contribution in [0, 0.1) is 0 Å². The lowest BCUT2D eigenvalue weighted by Crippen LogP contribution is -2.20. The second-order valence-electron chi connectivity index (χ2n) is 5.77. The zero-order chi connectivity index (χ0) is 16.6. The fourth-order valence-corrected chi connectivity index (χ4v) is 3.09. The molecule has 0 fully saturated rings. The number of pyridine rings is 1. The summed E-state index contributed by atoms with van der Waals surface area (Å²) in [7, 11) is 3.36. The molecule has 2 aromatic rings. The van der Waals surface area contributed by atoms with Gasteiger partial charge in [-0.2, -0.15) is 0 Å². The zero-order valence-corrected chi connectivity index (χ0v) is 13.6. The van der Waals surface area contributed by atoms with Crippen molar-refractivity contribution in [1.29, 1.82) is 0 Å². The number of carbonyl (C=O) groups excluding carboxylic acids is 1. The maximum Gasteiger partial charge on any atom is 0.343 e. The number of nitrogens with zero attached hydrogens (tertiary/aromatic N) is 1. The fourth-order valence-electron chi connectivity index (χ4n) is 3.09. The lowest BCUT2D eigenvalue weighted by atomic mass is 9.99. The van der Waals surface area contributed by atoms with Crippen LogP contribution in [0.3, 0.4) is 0 Å². The summed E-state index contributed by atoms with van der Waals surface area (Å²) < 4.78 is 4.67. The molecular formula is C18H20N2O3. The Morgan fingerprint density at radius 3 is 2.83 bits per heavy atom. The van der Waals surface area contributed by atoms with E-state index in [0.717, 1.165) is 29.8 Å². The summed E-state index contributed by atoms with van der Waals surface area (Å²) in [5.74, 6) is -0.608. The van der Waals surface area contributed by atoms with Gasteiger partial charge in [-0.05, 0) is 47.7 Å². The lowest BCUT2D eigenvalue weighted by molar-refractivity contribution is 0.0598. The van der Waals surface area contributed by atoms with Gasteiger partial charge in [-0.1, -0.05) is 13.0 Å². The first-order chi connectivity index (χ1) is 11.0. The molecule has 0 aliphatic carbocycles. The number of fused-ring (bicyclic) bond motifs is 1. The Morgan fingerprint density at radius 1 is 1.35 bits per heavy atom. The number of esters is 1. The van der Waals surface area contributed by atoms with E-state index in [0.29, 0.717) is 6.42 Å². The van der Waals surface area contributed by atoms with Crippen LogP contribution in [0.5, 0.6) is 0 Å². The summed E-state index contributed by atoms with van der Waals surface area (Å²) >= 11 is 0. The molecule has 120 valence electrons. The highest BCUT2D eigenvalue weighted by atomic mass is 16.5. The summed E-state index contributed by atoms with van der Waals surface area (Å²) in [6.07, 6.45) is 1.72. The van der Waals surface area contributed by atoms with Gasteiger partial charge in [0.05, 0.1) is 12.8 Å². The average molecular weight is 312 g/mol. The number of aromatic amines is 1. The minimum Gasteiger partial charge on any atom is -0.465 e. The molecule has 0 amide bonds. The van der Waals surface area contributed by atoms with Gasteiger partial charge in [-0.3, -0.25) is 4.79 Å². The van der Waals surface area contributed by atoms with Crippen LogP contribution in [0.2, 0.25) is 0 Å². The Labute approximate surface area is 134 Å². The number of carbonyl (C=O) groups is 1. The van der Waals surface area contributed by atoms with Gasteiger partial charge in [0, 0.05) is 19.3 Å². The number of hydrogen-bond donors (Lipinski definition) is 1. The molecule has 0 unspecified atom stereocenters. The topological polar surface area (TPSA) is 62.4 Å². The fraction of sp³-hybridized carbons (Fsp3) is 0.333. The summed E-state index contributed by atoms with van der Waals surface area (Å²) in [6.45, 7) is 3.01. The molecule has 5 nitrogen and oxygen atoms in total. The Balaban J connectivity index is 2.12. The van der Waals surface area contributed by atoms with E-state index in [1.807, 2.05) is 13.0 Å². The van der Waals surface area contributed by atoms with Crippen LogP contribution < -0.4 is 10.5 Å². The minimum absolute atomic E-state index is 0.0500. The van der Waals surface area contributed by atoms with Crippen molar-refractivity contribution in [3.63, 3.8) is 0 Å². The predicted octanol–water partition coefficient (Wildman–Crippen LogP) is 2.38. The third-order valence-corrected chi connectivity index (χ3v) is 4.41. The number of aromatic nitrogens is 1. The van der Waals surface area contributed by atoms with Gasteiger partial charge in [0.2, 0.25) is 0 Å². The number of methoxy groups -OCH3 is 1. The molecule has 3 rings (SSSR count). The largest absolute Gasteiger partial charge is 0.465 e. The van der Waals surface area contributed by atoms with Gasteiger partial charge >= 0.3 is 5.97 Å². The molecule has 5 heteroatoms. The Hall–Kier alpha value is -2.56. The molecule has 23 heavy (non-hydrogen) atoms. The van der Waals surface area contributed by atoms with E-state index in [9.17, 15) is 9.59 Å². The number of ether oxygens (including phenoxy) is 1. The van der Waals surface area contributed by atoms with Gasteiger partial charge in [-0.15, -0.1) is 0 Å². The number of H-pyrrole nitrogens is 1. The monoisotopic (exact) mass is 312 g/mol. The van der Waals surface area contributed by atoms with Crippen LogP contribution in [0.1, 0.15) is 28.4 Å². The van der Waals surface area contributed by atoms with Gasteiger partial charge < -0.3 is 14.6 Å². The van der Waals surface area contributed by atoms with E-state index in [4.69, 9.17) is 0 Å². The number of likely N-dealkylation sites (N-methyl/N-ethyl adjacent to an activating group) is 1. The van der Waals surface area contributed by atoms with Crippen molar-refractivity contribution in [2.24, 2.45) is 0 Å². The number of rotatable bonds is 3. The first-order valence-corrected chi connectivity index (χ1v) is 7.74. The number of hydrogen-bond acceptors (Lipinski definition) is 4. The maximum absolute atomic E-state index is 12.2. The molecule has 2 heterocycles. The van der Waals surface area contributed by atoms with Crippen LogP contribution in [-0.2, 0) is 17.6 Å². The smallest absolute Gasteiger partial charge is 0.343 e. The molecule has 1 aromatic heterocycles. The molecule has 0 bridgehead atoms. The molecule has 0 saturated heterocycles. The van der Waals surface area contributed by atoms with Gasteiger partial charge in [-0.25, -0.2) is 4.79 Å². The molecule has 0 saturated carbocycles. The van der Waals surface area contributed by atoms with E-state index in [2.05, 4.69) is 33.8 Å². The second kappa shape index (κ2) is 5.91. The Morgan fingerprint density at radius 2 is 2.13 bits per heavy atom. The number of anilines is 1. The van der Waals surface area contributed by atoms with Crippen LogP contribution in [0.4, 0.5) is 5.69 Å². The number of benzene rings is 1. The SMILES string of the molecule is CCc1cc(C(=O)OC)c(=O)[nH]c1-c1ccc2c(c1)CCN2C. The molecule has 1 aliphatic heterocycles. The van der Waals surface area contributed by atoms with Crippen molar-refractivity contribution >= 4 is 11.7 Å². The van der Waals surface area contributed by atoms with Crippen molar-refractivity contribution in [3.05, 3.63) is 51.3 Å². The average Bonchev–Trinajstić information content (AvgIpc) is 2.94. The van der Waals surface area contributed by atoms with E-state index >= 15 is 0 Å². The third kappa shape index (κ3) is 2.63. The summed E-state index contributed by atoms with van der Waals surface area (Å²) in [4.78, 5) is 29.0. The van der Waals surface area contributed by atoms with Crippen molar-refractivity contribution in [2.75, 3.05) is 25.6 Å². The Kier molecular flexibility index (Phi) is 3.94. The highest BCUT2D eigenvalue weighted by molar-refractivity contribution is 5.89. The third-order valence-electron chi connectivity index (χ3n) is 4.41. The quantitative estimate of drug-likeness (QED) is 0.884. The second-order valence-corrected chi connectivity index (χ2v) is 5.77. The first-order valence-electron chi connectivity index (χ1n) is 7.74. The number of aryl methyl sites for hydroxylation is 1. The normalized spacial score (nSPS) is 13.1. The van der Waals surface area contributed by atoms with Gasteiger partial charge in [0.25, 0.3) is 5.56 Å². The van der Waals surface area contributed by atoms with Gasteiger partial charge in [0.1, 0.15) is 5.56 Å². The first kappa shape index (κ1) is 15.3. The van der Waals surface area contributed by atoms with Crippen molar-refractivity contribution < 1.29 is 9.53 Å². The highest BCUT2D eigenvalue weighted by Gasteiger charge is 2.19. The van der Waals surface area contributed by atoms with Crippen molar-refractivity contribution in [2.45, 2.75) is 19.8 Å². The summed E-state index contributed by atoms with van der Waals surface area (Å²) in [5.41, 5.74) is 4.84. The van der Waals surface area contributed by atoms with Crippen molar-refractivity contribution in [3.8, 4) is 11.3 Å². The van der Waals surface area contributed by atoms with Gasteiger partial charge in [0.15, 0.2) is 0 Å². The molecule has 0 spiro atoms. The predicted molar refractivity (Wildman–Crippen MR) is 90.2 cm³/mol. The van der Waals surface area contributed by atoms with Crippen LogP contribution in [0.15, 0.2) is 29.1 Å². The standard InChI is InChI=1S/C18H20N2O3/c1-4-11-10-14(18(22)23-3)17(21)19-16(11)13-5-6-15-12(9-13)7-8-20(15)2/h5-6,9-10H,4,7-8H2,1-3H3,(H,19,21). The van der Waals surface area contributed by atoms with E-state index in [-0.39, 0.29) is 5.56 Å². The van der Waals surface area contributed by atoms with Crippen LogP contribution >= 0.6 is 0 Å². The minimum atomic E-state index is -0.608. The van der Waals surface area contributed by atoms with Crippen LogP contribution in [0.25, 0.3) is 11.3 Å². The Bertz CT molecular complexity index is 824. The van der Waals surface area contributed by atoms with Crippen LogP contribution in [-0.4, -0.2) is 31.7 Å². The molecule has 0 atom stereocenters. The van der Waals surface area contributed by atoms with E-state index in [1.165, 1.54) is 18.4 Å². The highest BCUT2D eigenvalue weighted by Crippen LogP contribution is 2.31.